The van der Waals surface area contributed by atoms with Crippen LogP contribution in [-0.4, -0.2) is 30.2 Å². The van der Waals surface area contributed by atoms with E-state index in [9.17, 15) is 0 Å². The molecule has 0 bridgehead atoms. The molecule has 2 atom stereocenters. The number of fused-ring (bicyclic) bond motifs is 1. The molecule has 2 fully saturated rings. The lowest BCUT2D eigenvalue weighted by Crippen LogP contribution is -2.23. The fourth-order valence-electron chi connectivity index (χ4n) is 2.05. The van der Waals surface area contributed by atoms with Crippen molar-refractivity contribution < 1.29 is 4.74 Å². The van der Waals surface area contributed by atoms with Gasteiger partial charge in [-0.25, -0.2) is 0 Å². The summed E-state index contributed by atoms with van der Waals surface area (Å²) < 4.78 is 5.38. The third kappa shape index (κ3) is 1.47. The van der Waals surface area contributed by atoms with Crippen LogP contribution in [0.15, 0.2) is 30.3 Å². The van der Waals surface area contributed by atoms with Gasteiger partial charge in [-0.05, 0) is 5.56 Å². The molecule has 0 aliphatic carbocycles. The summed E-state index contributed by atoms with van der Waals surface area (Å²) >= 11 is 0. The molecule has 1 aromatic rings. The fraction of sp³-hybridized carbons (Fsp3) is 0.455. The number of rotatable bonds is 2. The molecule has 0 unspecified atom stereocenters. The fourth-order valence-corrected chi connectivity index (χ4v) is 2.05. The van der Waals surface area contributed by atoms with Crippen LogP contribution in [-0.2, 0) is 11.3 Å². The van der Waals surface area contributed by atoms with Gasteiger partial charge in [0.05, 0.1) is 12.2 Å². The minimum atomic E-state index is 0.559. The molecule has 0 N–H and O–H groups in total. The SMILES string of the molecule is c1ccc(CN2C[C@H]3O[C@@H]3C2)cc1. The van der Waals surface area contributed by atoms with Crippen LogP contribution in [0.25, 0.3) is 0 Å². The van der Waals surface area contributed by atoms with Crippen molar-refractivity contribution in [2.75, 3.05) is 13.1 Å². The lowest BCUT2D eigenvalue weighted by Gasteiger charge is -2.16. The number of benzene rings is 1. The summed E-state index contributed by atoms with van der Waals surface area (Å²) in [5.74, 6) is 0. The number of morpholine rings is 1. The molecule has 2 saturated heterocycles. The zero-order chi connectivity index (χ0) is 8.67. The van der Waals surface area contributed by atoms with Crippen molar-refractivity contribution in [2.45, 2.75) is 18.8 Å². The van der Waals surface area contributed by atoms with Crippen LogP contribution < -0.4 is 0 Å². The van der Waals surface area contributed by atoms with Crippen LogP contribution in [0, 0.1) is 0 Å². The van der Waals surface area contributed by atoms with E-state index < -0.39 is 0 Å². The highest BCUT2D eigenvalue weighted by Gasteiger charge is 2.46. The number of hydrogen-bond donors (Lipinski definition) is 0. The van der Waals surface area contributed by atoms with Crippen LogP contribution in [0.4, 0.5) is 0 Å². The maximum absolute atomic E-state index is 5.38. The lowest BCUT2D eigenvalue weighted by molar-refractivity contribution is 0.198. The molecule has 0 spiro atoms. The summed E-state index contributed by atoms with van der Waals surface area (Å²) in [4.78, 5) is 2.47. The van der Waals surface area contributed by atoms with Crippen molar-refractivity contribution in [1.82, 2.24) is 4.90 Å². The Morgan fingerprint density at radius 3 is 2.54 bits per heavy atom. The van der Waals surface area contributed by atoms with E-state index in [-0.39, 0.29) is 0 Å². The quantitative estimate of drug-likeness (QED) is 0.629. The number of likely N-dealkylation sites (tertiary alicyclic amines) is 1. The van der Waals surface area contributed by atoms with E-state index in [2.05, 4.69) is 35.2 Å². The van der Waals surface area contributed by atoms with Crippen molar-refractivity contribution in [2.24, 2.45) is 0 Å². The maximum Gasteiger partial charge on any atom is 0.0981 e. The van der Waals surface area contributed by atoms with Gasteiger partial charge in [-0.3, -0.25) is 4.90 Å². The number of nitrogens with zero attached hydrogens (tertiary/aromatic N) is 1. The van der Waals surface area contributed by atoms with Crippen molar-refractivity contribution in [3.8, 4) is 0 Å². The second kappa shape index (κ2) is 2.82. The van der Waals surface area contributed by atoms with E-state index in [1.165, 1.54) is 5.56 Å². The largest absolute Gasteiger partial charge is 0.367 e. The smallest absolute Gasteiger partial charge is 0.0981 e. The van der Waals surface area contributed by atoms with Crippen molar-refractivity contribution in [3.63, 3.8) is 0 Å². The predicted octanol–water partition coefficient (Wildman–Crippen LogP) is 1.27. The Morgan fingerprint density at radius 2 is 1.85 bits per heavy atom. The molecule has 0 aromatic heterocycles. The molecule has 1 aromatic carbocycles. The first-order chi connectivity index (χ1) is 6.42. The van der Waals surface area contributed by atoms with Gasteiger partial charge >= 0.3 is 0 Å². The third-order valence-corrected chi connectivity index (χ3v) is 2.81. The van der Waals surface area contributed by atoms with Gasteiger partial charge in [0, 0.05) is 19.6 Å². The van der Waals surface area contributed by atoms with E-state index in [1.54, 1.807) is 0 Å². The van der Waals surface area contributed by atoms with Gasteiger partial charge in [-0.15, -0.1) is 0 Å². The molecule has 2 heteroatoms. The Kier molecular flexibility index (Phi) is 1.64. The van der Waals surface area contributed by atoms with Crippen LogP contribution in [0.5, 0.6) is 0 Å². The molecule has 2 nitrogen and oxygen atoms in total. The lowest BCUT2D eigenvalue weighted by atomic mass is 10.2. The van der Waals surface area contributed by atoms with E-state index in [0.717, 1.165) is 19.6 Å². The molecule has 2 aliphatic rings. The molecular formula is C11H13NO. The molecule has 0 radical (unpaired) electrons. The highest BCUT2D eigenvalue weighted by atomic mass is 16.6. The van der Waals surface area contributed by atoms with Crippen LogP contribution in [0.2, 0.25) is 0 Å². The van der Waals surface area contributed by atoms with Crippen molar-refractivity contribution in [1.29, 1.82) is 0 Å². The Hall–Kier alpha value is -0.860. The van der Waals surface area contributed by atoms with Gasteiger partial charge in [-0.1, -0.05) is 30.3 Å². The van der Waals surface area contributed by atoms with Gasteiger partial charge in [0.15, 0.2) is 0 Å². The standard InChI is InChI=1S/C11H13NO/c1-2-4-9(5-3-1)6-12-7-10-11(8-12)13-10/h1-5,10-11H,6-8H2/t10-,11-/m1/s1. The summed E-state index contributed by atoms with van der Waals surface area (Å²) in [6.45, 7) is 3.33. The summed E-state index contributed by atoms with van der Waals surface area (Å²) in [5, 5.41) is 0. The van der Waals surface area contributed by atoms with Crippen LogP contribution in [0.3, 0.4) is 0 Å². The minimum absolute atomic E-state index is 0.559. The van der Waals surface area contributed by atoms with Gasteiger partial charge in [0.1, 0.15) is 0 Å². The molecule has 2 aliphatic heterocycles. The van der Waals surface area contributed by atoms with Gasteiger partial charge in [-0.2, -0.15) is 0 Å². The van der Waals surface area contributed by atoms with Gasteiger partial charge < -0.3 is 4.74 Å². The van der Waals surface area contributed by atoms with Crippen LogP contribution in [0.1, 0.15) is 5.56 Å². The van der Waals surface area contributed by atoms with E-state index in [1.807, 2.05) is 0 Å². The molecule has 0 saturated carbocycles. The van der Waals surface area contributed by atoms with E-state index in [4.69, 9.17) is 4.74 Å². The topological polar surface area (TPSA) is 15.8 Å². The Balaban J connectivity index is 1.63. The third-order valence-electron chi connectivity index (χ3n) is 2.81. The predicted molar refractivity (Wildman–Crippen MR) is 50.4 cm³/mol. The molecule has 2 heterocycles. The van der Waals surface area contributed by atoms with Gasteiger partial charge in [0.25, 0.3) is 0 Å². The first-order valence-electron chi connectivity index (χ1n) is 4.83. The van der Waals surface area contributed by atoms with E-state index in [0.29, 0.717) is 12.2 Å². The molecule has 68 valence electrons. The highest BCUT2D eigenvalue weighted by Crippen LogP contribution is 2.31. The summed E-state index contributed by atoms with van der Waals surface area (Å²) in [6, 6.07) is 10.6. The minimum Gasteiger partial charge on any atom is -0.367 e. The van der Waals surface area contributed by atoms with Crippen LogP contribution >= 0.6 is 0 Å². The zero-order valence-corrected chi connectivity index (χ0v) is 7.52. The van der Waals surface area contributed by atoms with Crippen molar-refractivity contribution >= 4 is 0 Å². The number of hydrogen-bond acceptors (Lipinski definition) is 2. The Labute approximate surface area is 78.1 Å². The van der Waals surface area contributed by atoms with Crippen molar-refractivity contribution in [3.05, 3.63) is 35.9 Å². The summed E-state index contributed by atoms with van der Waals surface area (Å²) in [6.07, 6.45) is 1.12. The average molecular weight is 175 g/mol. The molecule has 0 amide bonds. The molecule has 13 heavy (non-hydrogen) atoms. The second-order valence-electron chi connectivity index (χ2n) is 3.89. The maximum atomic E-state index is 5.38. The Bertz CT molecular complexity index is 288. The number of ether oxygens (including phenoxy) is 1. The first kappa shape index (κ1) is 7.54. The van der Waals surface area contributed by atoms with E-state index >= 15 is 0 Å². The zero-order valence-electron chi connectivity index (χ0n) is 7.52. The normalized spacial score (nSPS) is 31.7. The average Bonchev–Trinajstić information content (AvgIpc) is 2.76. The Morgan fingerprint density at radius 1 is 1.15 bits per heavy atom. The molecule has 3 rings (SSSR count). The monoisotopic (exact) mass is 175 g/mol. The highest BCUT2D eigenvalue weighted by molar-refractivity contribution is 5.15. The number of epoxide rings is 1. The first-order valence-corrected chi connectivity index (χ1v) is 4.83. The summed E-state index contributed by atoms with van der Waals surface area (Å²) in [5.41, 5.74) is 1.41. The summed E-state index contributed by atoms with van der Waals surface area (Å²) in [7, 11) is 0. The van der Waals surface area contributed by atoms with Gasteiger partial charge in [0.2, 0.25) is 0 Å². The second-order valence-corrected chi connectivity index (χ2v) is 3.89. The molecular weight excluding hydrogens is 162 g/mol.